The Morgan fingerprint density at radius 2 is 2.00 bits per heavy atom. The largest absolute Gasteiger partial charge is 0.355 e. The normalized spacial score (nSPS) is 23.7. The molecule has 1 aromatic heterocycles. The van der Waals surface area contributed by atoms with Crippen molar-refractivity contribution in [2.45, 2.75) is 51.9 Å². The van der Waals surface area contributed by atoms with E-state index >= 15 is 0 Å². The first-order valence-electron chi connectivity index (χ1n) is 8.51. The minimum atomic E-state index is -0.127. The van der Waals surface area contributed by atoms with Crippen molar-refractivity contribution < 1.29 is 9.59 Å². The van der Waals surface area contributed by atoms with Gasteiger partial charge >= 0.3 is 0 Å². The van der Waals surface area contributed by atoms with Gasteiger partial charge in [-0.1, -0.05) is 43.9 Å². The Morgan fingerprint density at radius 3 is 2.70 bits per heavy atom. The molecule has 23 heavy (non-hydrogen) atoms. The molecule has 0 aliphatic heterocycles. The average molecular weight is 336 g/mol. The fourth-order valence-electron chi connectivity index (χ4n) is 3.15. The van der Waals surface area contributed by atoms with Crippen molar-refractivity contribution in [3.8, 4) is 0 Å². The number of nitrogens with one attached hydrogen (secondary N) is 2. The maximum Gasteiger partial charge on any atom is 0.227 e. The quantitative estimate of drug-likeness (QED) is 0.800. The van der Waals surface area contributed by atoms with E-state index in [4.69, 9.17) is 0 Å². The summed E-state index contributed by atoms with van der Waals surface area (Å²) in [6.07, 6.45) is 7.40. The van der Waals surface area contributed by atoms with E-state index in [9.17, 15) is 9.59 Å². The first-order valence-corrected chi connectivity index (χ1v) is 9.33. The molecule has 0 radical (unpaired) electrons. The third-order valence-corrected chi connectivity index (χ3v) is 5.61. The molecule has 6 nitrogen and oxygen atoms in total. The Labute approximate surface area is 140 Å². The van der Waals surface area contributed by atoms with E-state index in [1.54, 1.807) is 0 Å². The maximum absolute atomic E-state index is 11.9. The van der Waals surface area contributed by atoms with Crippen LogP contribution in [0.3, 0.4) is 0 Å². The number of hydrogen-bond donors (Lipinski definition) is 2. The van der Waals surface area contributed by atoms with Gasteiger partial charge in [0.25, 0.3) is 0 Å². The molecule has 0 aromatic carbocycles. The number of carbonyl (C=O) groups is 2. The zero-order valence-corrected chi connectivity index (χ0v) is 14.3. The van der Waals surface area contributed by atoms with Gasteiger partial charge < -0.3 is 10.6 Å². The molecule has 2 fully saturated rings. The van der Waals surface area contributed by atoms with Crippen molar-refractivity contribution in [2.24, 2.45) is 17.8 Å². The van der Waals surface area contributed by atoms with E-state index in [0.717, 1.165) is 23.8 Å². The number of amides is 2. The number of anilines is 1. The summed E-state index contributed by atoms with van der Waals surface area (Å²) in [5, 5.41) is 15.3. The zero-order chi connectivity index (χ0) is 16.2. The van der Waals surface area contributed by atoms with E-state index in [0.29, 0.717) is 17.6 Å². The van der Waals surface area contributed by atoms with Crippen LogP contribution in [0.5, 0.6) is 0 Å². The van der Waals surface area contributed by atoms with Crippen LogP contribution in [0.25, 0.3) is 0 Å². The van der Waals surface area contributed by atoms with Crippen molar-refractivity contribution >= 4 is 28.3 Å². The highest BCUT2D eigenvalue weighted by Gasteiger charge is 2.38. The molecular weight excluding hydrogens is 312 g/mol. The fraction of sp³-hybridized carbons (Fsp3) is 0.750. The molecule has 1 heterocycles. The molecule has 2 atom stereocenters. The third-order valence-electron chi connectivity index (χ3n) is 4.75. The molecule has 0 spiro atoms. The monoisotopic (exact) mass is 336 g/mol. The molecule has 2 amide bonds. The van der Waals surface area contributed by atoms with Crippen LogP contribution in [-0.4, -0.2) is 28.6 Å². The van der Waals surface area contributed by atoms with Gasteiger partial charge in [0, 0.05) is 25.3 Å². The molecular formula is C16H24N4O2S. The average Bonchev–Trinajstić information content (AvgIpc) is 2.92. The summed E-state index contributed by atoms with van der Waals surface area (Å²) in [6, 6.07) is 0. The van der Waals surface area contributed by atoms with Gasteiger partial charge in [0.1, 0.15) is 5.01 Å². The van der Waals surface area contributed by atoms with Gasteiger partial charge in [0.2, 0.25) is 16.9 Å². The lowest BCUT2D eigenvalue weighted by atomic mass is 10.1. The number of rotatable bonds is 7. The second kappa shape index (κ2) is 7.38. The summed E-state index contributed by atoms with van der Waals surface area (Å²) in [6.45, 7) is 2.44. The highest BCUT2D eigenvalue weighted by atomic mass is 32.1. The molecule has 0 saturated heterocycles. The van der Waals surface area contributed by atoms with Crippen molar-refractivity contribution in [1.29, 1.82) is 0 Å². The molecule has 0 unspecified atom stereocenters. The Morgan fingerprint density at radius 1 is 1.26 bits per heavy atom. The van der Waals surface area contributed by atoms with Crippen LogP contribution in [-0.2, 0) is 16.0 Å². The van der Waals surface area contributed by atoms with Crippen LogP contribution in [0.1, 0.15) is 50.5 Å². The summed E-state index contributed by atoms with van der Waals surface area (Å²) < 4.78 is 0. The highest BCUT2D eigenvalue weighted by molar-refractivity contribution is 7.15. The second-order valence-corrected chi connectivity index (χ2v) is 7.83. The van der Waals surface area contributed by atoms with Gasteiger partial charge in [-0.25, -0.2) is 0 Å². The van der Waals surface area contributed by atoms with Gasteiger partial charge in [-0.3, -0.25) is 9.59 Å². The zero-order valence-electron chi connectivity index (χ0n) is 13.5. The minimum absolute atomic E-state index is 0.0695. The van der Waals surface area contributed by atoms with Gasteiger partial charge in [0.15, 0.2) is 0 Å². The van der Waals surface area contributed by atoms with Crippen LogP contribution < -0.4 is 10.6 Å². The molecule has 2 saturated carbocycles. The first kappa shape index (κ1) is 16.4. The van der Waals surface area contributed by atoms with Crippen molar-refractivity contribution in [3.05, 3.63) is 5.01 Å². The maximum atomic E-state index is 11.9. The second-order valence-electron chi connectivity index (χ2n) is 6.76. The van der Waals surface area contributed by atoms with E-state index in [2.05, 4.69) is 27.8 Å². The van der Waals surface area contributed by atoms with E-state index in [1.807, 2.05) is 0 Å². The summed E-state index contributed by atoms with van der Waals surface area (Å²) in [4.78, 5) is 23.5. The molecule has 0 bridgehead atoms. The summed E-state index contributed by atoms with van der Waals surface area (Å²) in [5.74, 6) is 1.31. The Balaban J connectivity index is 1.36. The van der Waals surface area contributed by atoms with Crippen LogP contribution in [0, 0.1) is 17.8 Å². The molecule has 2 aliphatic rings. The van der Waals surface area contributed by atoms with Gasteiger partial charge in [-0.2, -0.15) is 0 Å². The number of hydrogen-bond acceptors (Lipinski definition) is 5. The van der Waals surface area contributed by atoms with E-state index < -0.39 is 0 Å². The molecule has 2 aliphatic carbocycles. The smallest absolute Gasteiger partial charge is 0.227 e. The summed E-state index contributed by atoms with van der Waals surface area (Å²) in [7, 11) is 0. The topological polar surface area (TPSA) is 84.0 Å². The molecule has 126 valence electrons. The molecule has 2 N–H and O–H groups in total. The van der Waals surface area contributed by atoms with E-state index in [1.165, 1.54) is 37.0 Å². The lowest BCUT2D eigenvalue weighted by Crippen LogP contribution is -2.29. The Kier molecular flexibility index (Phi) is 5.25. The molecule has 7 heteroatoms. The lowest BCUT2D eigenvalue weighted by molar-refractivity contribution is -0.122. The van der Waals surface area contributed by atoms with Crippen LogP contribution in [0.2, 0.25) is 0 Å². The van der Waals surface area contributed by atoms with Gasteiger partial charge in [-0.05, 0) is 18.3 Å². The minimum Gasteiger partial charge on any atom is -0.355 e. The van der Waals surface area contributed by atoms with Crippen LogP contribution in [0.15, 0.2) is 0 Å². The number of aromatic nitrogens is 2. The standard InChI is InChI=1S/C16H24N4O2S/c1-10-8-12(10)15(22)17-7-6-13(21)18-16-20-19-14(23-16)9-11-4-2-3-5-11/h10-12H,2-9H2,1H3,(H,17,22)(H,18,20,21)/t10-,12+/m1/s1. The molecule has 1 aromatic rings. The lowest BCUT2D eigenvalue weighted by Gasteiger charge is -2.04. The van der Waals surface area contributed by atoms with Gasteiger partial charge in [-0.15, -0.1) is 10.2 Å². The highest BCUT2D eigenvalue weighted by Crippen LogP contribution is 2.37. The predicted octanol–water partition coefficient (Wildman–Crippen LogP) is 2.37. The van der Waals surface area contributed by atoms with Crippen LogP contribution >= 0.6 is 11.3 Å². The van der Waals surface area contributed by atoms with Crippen LogP contribution in [0.4, 0.5) is 5.13 Å². The van der Waals surface area contributed by atoms with Crippen molar-refractivity contribution in [3.63, 3.8) is 0 Å². The predicted molar refractivity (Wildman–Crippen MR) is 89.1 cm³/mol. The summed E-state index contributed by atoms with van der Waals surface area (Å²) >= 11 is 1.46. The number of carbonyl (C=O) groups excluding carboxylic acids is 2. The third kappa shape index (κ3) is 4.73. The summed E-state index contributed by atoms with van der Waals surface area (Å²) in [5.41, 5.74) is 0. The molecule has 3 rings (SSSR count). The Bertz CT molecular complexity index is 568. The number of nitrogens with zero attached hydrogens (tertiary/aromatic N) is 2. The van der Waals surface area contributed by atoms with Gasteiger partial charge in [0.05, 0.1) is 0 Å². The first-order chi connectivity index (χ1) is 11.1. The fourth-order valence-corrected chi connectivity index (χ4v) is 4.02. The van der Waals surface area contributed by atoms with Crippen molar-refractivity contribution in [1.82, 2.24) is 15.5 Å². The SMILES string of the molecule is C[C@@H]1C[C@@H]1C(=O)NCCC(=O)Nc1nnc(CC2CCCC2)s1. The Hall–Kier alpha value is -1.50. The van der Waals surface area contributed by atoms with E-state index in [-0.39, 0.29) is 24.2 Å². The van der Waals surface area contributed by atoms with Crippen molar-refractivity contribution in [2.75, 3.05) is 11.9 Å².